The predicted octanol–water partition coefficient (Wildman–Crippen LogP) is 4.23. The highest BCUT2D eigenvalue weighted by atomic mass is 16.1. The SMILES string of the molecule is Cc1cccc(C(C)C)c1NC(=O)c1cnc(NCC(C)C)cn1. The summed E-state index contributed by atoms with van der Waals surface area (Å²) in [5.74, 6) is 1.28. The van der Waals surface area contributed by atoms with Gasteiger partial charge >= 0.3 is 0 Å². The Balaban J connectivity index is 2.13. The molecule has 1 aromatic heterocycles. The number of anilines is 2. The van der Waals surface area contributed by atoms with Gasteiger partial charge in [-0.1, -0.05) is 45.9 Å². The standard InChI is InChI=1S/C19H26N4O/c1-12(2)9-21-17-11-20-16(10-22-17)19(24)23-18-14(5)7-6-8-15(18)13(3)4/h6-8,10-13H,9H2,1-5H3,(H,21,22)(H,23,24). The second-order valence-electron chi connectivity index (χ2n) is 6.71. The zero-order chi connectivity index (χ0) is 17.7. The maximum absolute atomic E-state index is 12.5. The van der Waals surface area contributed by atoms with E-state index in [4.69, 9.17) is 0 Å². The van der Waals surface area contributed by atoms with Crippen LogP contribution in [0.25, 0.3) is 0 Å². The summed E-state index contributed by atoms with van der Waals surface area (Å²) >= 11 is 0. The molecule has 1 heterocycles. The molecule has 0 unspecified atom stereocenters. The van der Waals surface area contributed by atoms with E-state index < -0.39 is 0 Å². The third-order valence-corrected chi connectivity index (χ3v) is 3.74. The van der Waals surface area contributed by atoms with Gasteiger partial charge in [0.1, 0.15) is 11.5 Å². The lowest BCUT2D eigenvalue weighted by Gasteiger charge is -2.16. The summed E-state index contributed by atoms with van der Waals surface area (Å²) in [5.41, 5.74) is 3.33. The van der Waals surface area contributed by atoms with Crippen molar-refractivity contribution < 1.29 is 4.79 Å². The molecule has 1 aromatic carbocycles. The zero-order valence-electron chi connectivity index (χ0n) is 15.1. The Morgan fingerprint density at radius 1 is 1.12 bits per heavy atom. The summed E-state index contributed by atoms with van der Waals surface area (Å²) in [5, 5.41) is 6.17. The van der Waals surface area contributed by atoms with Gasteiger partial charge in [-0.05, 0) is 29.9 Å². The number of benzene rings is 1. The van der Waals surface area contributed by atoms with Gasteiger partial charge in [0.2, 0.25) is 0 Å². The van der Waals surface area contributed by atoms with Crippen molar-refractivity contribution in [3.8, 4) is 0 Å². The van der Waals surface area contributed by atoms with Crippen molar-refractivity contribution in [1.82, 2.24) is 9.97 Å². The molecule has 0 saturated carbocycles. The van der Waals surface area contributed by atoms with Crippen LogP contribution in [0.2, 0.25) is 0 Å². The molecule has 0 saturated heterocycles. The van der Waals surface area contributed by atoms with Crippen LogP contribution >= 0.6 is 0 Å². The first kappa shape index (κ1) is 17.9. The topological polar surface area (TPSA) is 66.9 Å². The van der Waals surface area contributed by atoms with Crippen molar-refractivity contribution in [2.45, 2.75) is 40.5 Å². The molecule has 5 nitrogen and oxygen atoms in total. The van der Waals surface area contributed by atoms with Gasteiger partial charge in [0.05, 0.1) is 12.4 Å². The molecule has 2 aromatic rings. The van der Waals surface area contributed by atoms with E-state index in [0.717, 1.165) is 23.4 Å². The fraction of sp³-hybridized carbons (Fsp3) is 0.421. The van der Waals surface area contributed by atoms with Gasteiger partial charge < -0.3 is 10.6 Å². The number of nitrogens with zero attached hydrogens (tertiary/aromatic N) is 2. The third-order valence-electron chi connectivity index (χ3n) is 3.74. The molecule has 24 heavy (non-hydrogen) atoms. The minimum atomic E-state index is -0.242. The summed E-state index contributed by atoms with van der Waals surface area (Å²) in [4.78, 5) is 21.0. The molecule has 0 atom stereocenters. The van der Waals surface area contributed by atoms with E-state index in [-0.39, 0.29) is 5.91 Å². The van der Waals surface area contributed by atoms with E-state index in [0.29, 0.717) is 23.3 Å². The van der Waals surface area contributed by atoms with Gasteiger partial charge in [0.25, 0.3) is 5.91 Å². The van der Waals surface area contributed by atoms with Gasteiger partial charge in [0.15, 0.2) is 0 Å². The summed E-state index contributed by atoms with van der Waals surface area (Å²) < 4.78 is 0. The summed E-state index contributed by atoms with van der Waals surface area (Å²) in [7, 11) is 0. The van der Waals surface area contributed by atoms with E-state index >= 15 is 0 Å². The van der Waals surface area contributed by atoms with Crippen molar-refractivity contribution in [3.05, 3.63) is 47.4 Å². The molecule has 0 aliphatic carbocycles. The smallest absolute Gasteiger partial charge is 0.275 e. The number of hydrogen-bond acceptors (Lipinski definition) is 4. The summed E-state index contributed by atoms with van der Waals surface area (Å²) in [6.07, 6.45) is 3.10. The normalized spacial score (nSPS) is 11.0. The van der Waals surface area contributed by atoms with Crippen molar-refractivity contribution >= 4 is 17.4 Å². The van der Waals surface area contributed by atoms with Gasteiger partial charge in [-0.25, -0.2) is 9.97 Å². The van der Waals surface area contributed by atoms with Crippen LogP contribution in [-0.2, 0) is 0 Å². The number of amides is 1. The van der Waals surface area contributed by atoms with Crippen molar-refractivity contribution in [2.75, 3.05) is 17.2 Å². The Bertz CT molecular complexity index is 693. The Kier molecular flexibility index (Phi) is 5.90. The van der Waals surface area contributed by atoms with Gasteiger partial charge in [-0.15, -0.1) is 0 Å². The molecular formula is C19H26N4O. The summed E-state index contributed by atoms with van der Waals surface area (Å²) in [6.45, 7) is 11.3. The minimum absolute atomic E-state index is 0.242. The maximum atomic E-state index is 12.5. The quantitative estimate of drug-likeness (QED) is 0.833. The predicted molar refractivity (Wildman–Crippen MR) is 98.6 cm³/mol. The first-order valence-electron chi connectivity index (χ1n) is 8.35. The molecule has 0 spiro atoms. The number of para-hydroxylation sites is 1. The van der Waals surface area contributed by atoms with Gasteiger partial charge in [0, 0.05) is 12.2 Å². The van der Waals surface area contributed by atoms with E-state index in [1.165, 1.54) is 6.20 Å². The Morgan fingerprint density at radius 2 is 1.88 bits per heavy atom. The van der Waals surface area contributed by atoms with Crippen molar-refractivity contribution in [1.29, 1.82) is 0 Å². The number of aryl methyl sites for hydroxylation is 1. The first-order valence-corrected chi connectivity index (χ1v) is 8.35. The van der Waals surface area contributed by atoms with Crippen LogP contribution in [0.3, 0.4) is 0 Å². The van der Waals surface area contributed by atoms with Crippen LogP contribution in [0.5, 0.6) is 0 Å². The van der Waals surface area contributed by atoms with E-state index in [1.807, 2.05) is 25.1 Å². The van der Waals surface area contributed by atoms with Gasteiger partial charge in [-0.2, -0.15) is 0 Å². The first-order chi connectivity index (χ1) is 11.4. The molecular weight excluding hydrogens is 300 g/mol. The van der Waals surface area contributed by atoms with E-state index in [9.17, 15) is 4.79 Å². The molecule has 0 aliphatic rings. The third kappa shape index (κ3) is 4.54. The Labute approximate surface area is 143 Å². The molecule has 128 valence electrons. The van der Waals surface area contributed by atoms with Crippen LogP contribution in [0.15, 0.2) is 30.6 Å². The van der Waals surface area contributed by atoms with E-state index in [2.05, 4.69) is 48.3 Å². The molecule has 5 heteroatoms. The number of carbonyl (C=O) groups excluding carboxylic acids is 1. The second-order valence-corrected chi connectivity index (χ2v) is 6.71. The average Bonchev–Trinajstić information content (AvgIpc) is 2.55. The highest BCUT2D eigenvalue weighted by molar-refractivity contribution is 6.03. The maximum Gasteiger partial charge on any atom is 0.275 e. The lowest BCUT2D eigenvalue weighted by molar-refractivity contribution is 0.102. The average molecular weight is 326 g/mol. The molecule has 0 aliphatic heterocycles. The second kappa shape index (κ2) is 7.90. The molecule has 0 bridgehead atoms. The summed E-state index contributed by atoms with van der Waals surface area (Å²) in [6, 6.07) is 6.04. The fourth-order valence-electron chi connectivity index (χ4n) is 2.37. The number of rotatable bonds is 6. The lowest BCUT2D eigenvalue weighted by atomic mass is 9.98. The lowest BCUT2D eigenvalue weighted by Crippen LogP contribution is -2.17. The van der Waals surface area contributed by atoms with E-state index in [1.54, 1.807) is 6.20 Å². The number of hydrogen-bond donors (Lipinski definition) is 2. The molecule has 1 amide bonds. The van der Waals surface area contributed by atoms with Crippen LogP contribution in [0.1, 0.15) is 55.2 Å². The Hall–Kier alpha value is -2.43. The fourth-order valence-corrected chi connectivity index (χ4v) is 2.37. The largest absolute Gasteiger partial charge is 0.369 e. The van der Waals surface area contributed by atoms with Crippen LogP contribution in [0.4, 0.5) is 11.5 Å². The monoisotopic (exact) mass is 326 g/mol. The van der Waals surface area contributed by atoms with Crippen LogP contribution in [0, 0.1) is 12.8 Å². The minimum Gasteiger partial charge on any atom is -0.369 e. The number of aromatic nitrogens is 2. The molecule has 2 N–H and O–H groups in total. The highest BCUT2D eigenvalue weighted by Crippen LogP contribution is 2.27. The highest BCUT2D eigenvalue weighted by Gasteiger charge is 2.14. The number of carbonyl (C=O) groups is 1. The van der Waals surface area contributed by atoms with Crippen LogP contribution in [-0.4, -0.2) is 22.4 Å². The van der Waals surface area contributed by atoms with Crippen molar-refractivity contribution in [2.24, 2.45) is 5.92 Å². The zero-order valence-corrected chi connectivity index (χ0v) is 15.1. The molecule has 2 rings (SSSR count). The van der Waals surface area contributed by atoms with Crippen molar-refractivity contribution in [3.63, 3.8) is 0 Å². The molecule has 0 radical (unpaired) electrons. The number of nitrogens with one attached hydrogen (secondary N) is 2. The molecule has 0 fully saturated rings. The van der Waals surface area contributed by atoms with Crippen LogP contribution < -0.4 is 10.6 Å². The Morgan fingerprint density at radius 3 is 2.46 bits per heavy atom. The van der Waals surface area contributed by atoms with Gasteiger partial charge in [-0.3, -0.25) is 4.79 Å².